The van der Waals surface area contributed by atoms with E-state index in [1.807, 2.05) is 0 Å². The number of aromatic nitrogens is 1. The summed E-state index contributed by atoms with van der Waals surface area (Å²) in [6, 6.07) is 2.93. The minimum atomic E-state index is 0.667. The van der Waals surface area contributed by atoms with E-state index in [0.29, 0.717) is 6.04 Å². The Hall–Kier alpha value is -0.760. The molecule has 1 N–H and O–H groups in total. The van der Waals surface area contributed by atoms with E-state index >= 15 is 0 Å². The third-order valence-corrected chi connectivity index (χ3v) is 3.29. The molecule has 14 heavy (non-hydrogen) atoms. The standard InChI is InChI=1S/C12H20N2/c1-3-5-12-10-6-8-13-11(10)7-9-14(12)4-2/h6,8,12-13H,3-5,7,9H2,1-2H3. The van der Waals surface area contributed by atoms with Gasteiger partial charge in [0, 0.05) is 30.9 Å². The van der Waals surface area contributed by atoms with Gasteiger partial charge in [0.05, 0.1) is 0 Å². The van der Waals surface area contributed by atoms with Crippen LogP contribution in [0.15, 0.2) is 12.3 Å². The van der Waals surface area contributed by atoms with Gasteiger partial charge in [0.2, 0.25) is 0 Å². The van der Waals surface area contributed by atoms with Crippen LogP contribution in [-0.4, -0.2) is 23.0 Å². The zero-order valence-corrected chi connectivity index (χ0v) is 9.21. The Balaban J connectivity index is 2.23. The van der Waals surface area contributed by atoms with Crippen molar-refractivity contribution in [2.75, 3.05) is 13.1 Å². The first-order valence-corrected chi connectivity index (χ1v) is 5.77. The molecule has 2 rings (SSSR count). The number of nitrogens with one attached hydrogen (secondary N) is 1. The fourth-order valence-electron chi connectivity index (χ4n) is 2.54. The number of aromatic amines is 1. The Kier molecular flexibility index (Phi) is 2.92. The monoisotopic (exact) mass is 192 g/mol. The Bertz CT molecular complexity index is 290. The van der Waals surface area contributed by atoms with Crippen LogP contribution in [0.3, 0.4) is 0 Å². The molecule has 1 aliphatic rings. The molecule has 2 heteroatoms. The fourth-order valence-corrected chi connectivity index (χ4v) is 2.54. The Morgan fingerprint density at radius 1 is 1.50 bits per heavy atom. The minimum absolute atomic E-state index is 0.667. The molecule has 0 amide bonds. The summed E-state index contributed by atoms with van der Waals surface area (Å²) < 4.78 is 0. The van der Waals surface area contributed by atoms with Crippen molar-refractivity contribution in [2.45, 2.75) is 39.2 Å². The molecule has 0 aromatic carbocycles. The van der Waals surface area contributed by atoms with Crippen LogP contribution < -0.4 is 0 Å². The van der Waals surface area contributed by atoms with Crippen LogP contribution >= 0.6 is 0 Å². The average molecular weight is 192 g/mol. The van der Waals surface area contributed by atoms with Gasteiger partial charge in [-0.15, -0.1) is 0 Å². The minimum Gasteiger partial charge on any atom is -0.365 e. The quantitative estimate of drug-likeness (QED) is 0.780. The lowest BCUT2D eigenvalue weighted by Gasteiger charge is -2.35. The summed E-state index contributed by atoms with van der Waals surface area (Å²) in [5.41, 5.74) is 3.01. The second kappa shape index (κ2) is 4.18. The molecule has 1 unspecified atom stereocenters. The van der Waals surface area contributed by atoms with Crippen LogP contribution in [-0.2, 0) is 6.42 Å². The van der Waals surface area contributed by atoms with E-state index < -0.39 is 0 Å². The molecule has 1 aromatic heterocycles. The number of rotatable bonds is 3. The van der Waals surface area contributed by atoms with Crippen molar-refractivity contribution in [1.29, 1.82) is 0 Å². The second-order valence-electron chi connectivity index (χ2n) is 4.09. The Labute approximate surface area is 86.3 Å². The van der Waals surface area contributed by atoms with E-state index in [0.717, 1.165) is 0 Å². The highest BCUT2D eigenvalue weighted by atomic mass is 15.2. The number of hydrogen-bond donors (Lipinski definition) is 1. The molecular weight excluding hydrogens is 172 g/mol. The normalized spacial score (nSPS) is 22.3. The molecule has 0 saturated heterocycles. The van der Waals surface area contributed by atoms with Crippen LogP contribution in [0.4, 0.5) is 0 Å². The average Bonchev–Trinajstić information content (AvgIpc) is 2.67. The van der Waals surface area contributed by atoms with Crippen molar-refractivity contribution >= 4 is 0 Å². The third-order valence-electron chi connectivity index (χ3n) is 3.29. The fraction of sp³-hybridized carbons (Fsp3) is 0.667. The highest BCUT2D eigenvalue weighted by molar-refractivity contribution is 5.27. The summed E-state index contributed by atoms with van der Waals surface area (Å²) >= 11 is 0. The molecule has 1 aromatic rings. The maximum Gasteiger partial charge on any atom is 0.0365 e. The molecule has 0 bridgehead atoms. The van der Waals surface area contributed by atoms with Crippen molar-refractivity contribution in [3.63, 3.8) is 0 Å². The maximum absolute atomic E-state index is 3.36. The molecule has 1 aliphatic heterocycles. The molecule has 2 heterocycles. The summed E-state index contributed by atoms with van der Waals surface area (Å²) in [5, 5.41) is 0. The molecule has 78 valence electrons. The third kappa shape index (κ3) is 1.59. The summed E-state index contributed by atoms with van der Waals surface area (Å²) in [6.07, 6.45) is 5.84. The summed E-state index contributed by atoms with van der Waals surface area (Å²) in [4.78, 5) is 5.96. The Morgan fingerprint density at radius 3 is 3.07 bits per heavy atom. The highest BCUT2D eigenvalue weighted by Crippen LogP contribution is 2.31. The smallest absolute Gasteiger partial charge is 0.0365 e. The van der Waals surface area contributed by atoms with Gasteiger partial charge in [-0.25, -0.2) is 0 Å². The van der Waals surface area contributed by atoms with Crippen LogP contribution in [0, 0.1) is 0 Å². The van der Waals surface area contributed by atoms with Gasteiger partial charge in [0.25, 0.3) is 0 Å². The summed E-state index contributed by atoms with van der Waals surface area (Å²) in [7, 11) is 0. The van der Waals surface area contributed by atoms with Gasteiger partial charge < -0.3 is 4.98 Å². The molecule has 0 fully saturated rings. The van der Waals surface area contributed by atoms with Gasteiger partial charge in [-0.05, 0) is 24.6 Å². The van der Waals surface area contributed by atoms with Gasteiger partial charge in [-0.1, -0.05) is 20.3 Å². The zero-order valence-electron chi connectivity index (χ0n) is 9.21. The second-order valence-corrected chi connectivity index (χ2v) is 4.09. The lowest BCUT2D eigenvalue weighted by atomic mass is 9.95. The number of H-pyrrole nitrogens is 1. The lowest BCUT2D eigenvalue weighted by molar-refractivity contribution is 0.184. The topological polar surface area (TPSA) is 19.0 Å². The summed E-state index contributed by atoms with van der Waals surface area (Å²) in [5.74, 6) is 0. The number of nitrogens with zero attached hydrogens (tertiary/aromatic N) is 1. The van der Waals surface area contributed by atoms with Crippen molar-refractivity contribution in [1.82, 2.24) is 9.88 Å². The molecule has 0 spiro atoms. The molecule has 0 aliphatic carbocycles. The van der Waals surface area contributed by atoms with Crippen LogP contribution in [0.5, 0.6) is 0 Å². The van der Waals surface area contributed by atoms with E-state index in [1.54, 1.807) is 5.56 Å². The molecule has 0 saturated carbocycles. The van der Waals surface area contributed by atoms with Crippen molar-refractivity contribution in [2.24, 2.45) is 0 Å². The number of hydrogen-bond acceptors (Lipinski definition) is 1. The lowest BCUT2D eigenvalue weighted by Crippen LogP contribution is -2.34. The van der Waals surface area contributed by atoms with E-state index in [1.165, 1.54) is 38.0 Å². The van der Waals surface area contributed by atoms with E-state index in [9.17, 15) is 0 Å². The zero-order chi connectivity index (χ0) is 9.97. The van der Waals surface area contributed by atoms with Crippen molar-refractivity contribution in [3.8, 4) is 0 Å². The van der Waals surface area contributed by atoms with Crippen LogP contribution in [0.25, 0.3) is 0 Å². The molecular formula is C12H20N2. The molecule has 2 nitrogen and oxygen atoms in total. The largest absolute Gasteiger partial charge is 0.365 e. The van der Waals surface area contributed by atoms with Crippen molar-refractivity contribution < 1.29 is 0 Å². The molecule has 1 atom stereocenters. The van der Waals surface area contributed by atoms with Crippen LogP contribution in [0.2, 0.25) is 0 Å². The summed E-state index contributed by atoms with van der Waals surface area (Å²) in [6.45, 7) is 6.93. The molecule has 0 radical (unpaired) electrons. The van der Waals surface area contributed by atoms with Gasteiger partial charge in [-0.3, -0.25) is 4.90 Å². The van der Waals surface area contributed by atoms with E-state index in [4.69, 9.17) is 0 Å². The predicted octanol–water partition coefficient (Wildman–Crippen LogP) is 2.73. The SMILES string of the molecule is CCCC1c2cc[nH]c2CCN1CC. The van der Waals surface area contributed by atoms with E-state index in [2.05, 4.69) is 36.0 Å². The van der Waals surface area contributed by atoms with Gasteiger partial charge in [0.15, 0.2) is 0 Å². The van der Waals surface area contributed by atoms with Gasteiger partial charge in [-0.2, -0.15) is 0 Å². The van der Waals surface area contributed by atoms with Gasteiger partial charge >= 0.3 is 0 Å². The highest BCUT2D eigenvalue weighted by Gasteiger charge is 2.25. The van der Waals surface area contributed by atoms with Crippen molar-refractivity contribution in [3.05, 3.63) is 23.5 Å². The van der Waals surface area contributed by atoms with Gasteiger partial charge in [0.1, 0.15) is 0 Å². The first kappa shape index (κ1) is 9.78. The van der Waals surface area contributed by atoms with Crippen LogP contribution in [0.1, 0.15) is 44.0 Å². The first-order valence-electron chi connectivity index (χ1n) is 5.77. The maximum atomic E-state index is 3.36. The first-order chi connectivity index (χ1) is 6.86. The predicted molar refractivity (Wildman–Crippen MR) is 59.4 cm³/mol. The van der Waals surface area contributed by atoms with E-state index in [-0.39, 0.29) is 0 Å². The Morgan fingerprint density at radius 2 is 2.36 bits per heavy atom. The number of fused-ring (bicyclic) bond motifs is 1. The number of likely N-dealkylation sites (N-methyl/N-ethyl adjacent to an activating group) is 1.